The maximum Gasteiger partial charge on any atom is 0.419 e. The second kappa shape index (κ2) is 14.8. The van der Waals surface area contributed by atoms with Gasteiger partial charge in [-0.3, -0.25) is 0 Å². The van der Waals surface area contributed by atoms with E-state index in [1.165, 1.54) is 12.1 Å². The maximum absolute atomic E-state index is 13.7. The molecule has 2 aromatic rings. The monoisotopic (exact) mass is 607 g/mol. The van der Waals surface area contributed by atoms with Gasteiger partial charge in [-0.05, 0) is 69.4 Å². The second-order valence-corrected chi connectivity index (χ2v) is 9.09. The number of benzene rings is 2. The number of aliphatic hydroxyl groups is 1. The van der Waals surface area contributed by atoms with Gasteiger partial charge in [0.25, 0.3) is 0 Å². The Morgan fingerprint density at radius 2 is 1.65 bits per heavy atom. The molecule has 5 nitrogen and oxygen atoms in total. The summed E-state index contributed by atoms with van der Waals surface area (Å²) in [4.78, 5) is 0. The molecule has 2 aromatic carbocycles. The van der Waals surface area contributed by atoms with Gasteiger partial charge in [-0.2, -0.15) is 13.2 Å². The first-order valence-corrected chi connectivity index (χ1v) is 11.7. The molecule has 0 aliphatic carbocycles. The van der Waals surface area contributed by atoms with E-state index < -0.39 is 34.7 Å². The van der Waals surface area contributed by atoms with Gasteiger partial charge in [0.1, 0.15) is 17.4 Å². The van der Waals surface area contributed by atoms with Gasteiger partial charge in [-0.1, -0.05) is 24.1 Å². The number of ether oxygens (including phenoxy) is 3. The SMILES string of the molecule is CC1(C)OCC([NH-])(CCc2ccc(OCCCc3ccc(F)cc3F)c(C(F)(F)F)c2)CO1.CCO.[Y]. The molecule has 0 saturated carbocycles. The molecule has 2 N–H and O–H groups in total. The van der Waals surface area contributed by atoms with Crippen molar-refractivity contribution in [3.05, 3.63) is 70.5 Å². The van der Waals surface area contributed by atoms with Crippen molar-refractivity contribution in [3.63, 3.8) is 0 Å². The molecular weight excluding hydrogens is 574 g/mol. The van der Waals surface area contributed by atoms with E-state index in [0.29, 0.717) is 5.56 Å². The molecule has 0 spiro atoms. The van der Waals surface area contributed by atoms with Gasteiger partial charge in [0.15, 0.2) is 5.79 Å². The number of rotatable bonds is 8. The summed E-state index contributed by atoms with van der Waals surface area (Å²) in [5, 5.41) is 7.57. The van der Waals surface area contributed by atoms with Gasteiger partial charge in [0.2, 0.25) is 0 Å². The Kier molecular flexibility index (Phi) is 13.6. The standard InChI is InChI=1S/C24H27F5NO3.C2H6O.Y/c1-22(2)32-14-23(30,15-33-22)10-9-16-5-8-21(19(12-16)24(27,28)29)31-11-3-4-17-6-7-18(25)13-20(17)26;1-2-3;/h5-8,12-13,30H,3-4,9-11,14-15H2,1-2H3;3H,2H2,1H3;/q-1;;. The quantitative estimate of drug-likeness (QED) is 0.275. The van der Waals surface area contributed by atoms with E-state index in [-0.39, 0.29) is 96.1 Å². The van der Waals surface area contributed by atoms with Crippen molar-refractivity contribution in [1.82, 2.24) is 0 Å². The topological polar surface area (TPSA) is 71.7 Å². The van der Waals surface area contributed by atoms with E-state index >= 15 is 0 Å². The van der Waals surface area contributed by atoms with E-state index in [1.54, 1.807) is 26.8 Å². The predicted octanol–water partition coefficient (Wildman–Crippen LogP) is 6.50. The van der Waals surface area contributed by atoms with Gasteiger partial charge in [-0.15, -0.1) is 0 Å². The van der Waals surface area contributed by atoms with Crippen LogP contribution in [0.2, 0.25) is 0 Å². The van der Waals surface area contributed by atoms with E-state index in [1.807, 2.05) is 0 Å². The number of nitrogens with one attached hydrogen (secondary N) is 1. The summed E-state index contributed by atoms with van der Waals surface area (Å²) in [6.07, 6.45) is -3.61. The number of halogens is 5. The van der Waals surface area contributed by atoms with E-state index in [4.69, 9.17) is 25.1 Å². The van der Waals surface area contributed by atoms with E-state index in [2.05, 4.69) is 0 Å². The zero-order valence-electron chi connectivity index (χ0n) is 21.3. The molecule has 1 heterocycles. The fraction of sp³-hybridized carbons (Fsp3) is 0.538. The van der Waals surface area contributed by atoms with Gasteiger partial charge >= 0.3 is 6.18 Å². The Morgan fingerprint density at radius 3 is 2.22 bits per heavy atom. The van der Waals surface area contributed by atoms with Crippen LogP contribution in [0.15, 0.2) is 36.4 Å². The van der Waals surface area contributed by atoms with Crippen molar-refractivity contribution >= 4 is 0 Å². The van der Waals surface area contributed by atoms with Crippen molar-refractivity contribution in [3.8, 4) is 5.75 Å². The molecule has 37 heavy (non-hydrogen) atoms. The minimum absolute atomic E-state index is 0. The average molecular weight is 607 g/mol. The summed E-state index contributed by atoms with van der Waals surface area (Å²) in [5.74, 6) is -2.46. The first-order chi connectivity index (χ1) is 16.8. The van der Waals surface area contributed by atoms with Crippen LogP contribution in [-0.2, 0) is 61.2 Å². The maximum atomic E-state index is 13.7. The smallest absolute Gasteiger partial charge is 0.419 e. The Hall–Kier alpha value is -1.17. The van der Waals surface area contributed by atoms with E-state index in [9.17, 15) is 22.0 Å². The molecule has 1 radical (unpaired) electrons. The average Bonchev–Trinajstić information content (AvgIpc) is 2.79. The summed E-state index contributed by atoms with van der Waals surface area (Å²) in [5.41, 5.74) is 7.21. The molecule has 11 heteroatoms. The van der Waals surface area contributed by atoms with Gasteiger partial charge in [0, 0.05) is 58.6 Å². The van der Waals surface area contributed by atoms with Crippen molar-refractivity contribution in [2.45, 2.75) is 64.0 Å². The fourth-order valence-electron chi connectivity index (χ4n) is 3.48. The van der Waals surface area contributed by atoms with Crippen LogP contribution in [0.1, 0.15) is 50.3 Å². The van der Waals surface area contributed by atoms with Gasteiger partial charge in [-0.25, -0.2) is 8.78 Å². The molecule has 1 saturated heterocycles. The molecule has 0 unspecified atom stereocenters. The van der Waals surface area contributed by atoms with E-state index in [0.717, 1.165) is 18.2 Å². The van der Waals surface area contributed by atoms with Crippen molar-refractivity contribution in [2.75, 3.05) is 26.4 Å². The molecule has 205 valence electrons. The zero-order chi connectivity index (χ0) is 27.0. The summed E-state index contributed by atoms with van der Waals surface area (Å²) >= 11 is 0. The summed E-state index contributed by atoms with van der Waals surface area (Å²) in [7, 11) is 0. The Bertz CT molecular complexity index is 978. The summed E-state index contributed by atoms with van der Waals surface area (Å²) in [6.45, 7) is 5.65. The zero-order valence-corrected chi connectivity index (χ0v) is 24.1. The van der Waals surface area contributed by atoms with Gasteiger partial charge < -0.3 is 25.1 Å². The first kappa shape index (κ1) is 33.9. The summed E-state index contributed by atoms with van der Waals surface area (Å²) in [6, 6.07) is 7.05. The third-order valence-corrected chi connectivity index (χ3v) is 5.50. The molecule has 0 amide bonds. The molecule has 0 atom stereocenters. The van der Waals surface area contributed by atoms with Crippen molar-refractivity contribution in [1.29, 1.82) is 0 Å². The number of aryl methyl sites for hydroxylation is 2. The number of alkyl halides is 3. The van der Waals surface area contributed by atoms with Crippen LogP contribution in [0.4, 0.5) is 22.0 Å². The molecule has 1 fully saturated rings. The second-order valence-electron chi connectivity index (χ2n) is 9.09. The molecule has 1 aliphatic rings. The van der Waals surface area contributed by atoms with Crippen LogP contribution in [0, 0.1) is 11.6 Å². The van der Waals surface area contributed by atoms with Crippen LogP contribution < -0.4 is 4.74 Å². The van der Waals surface area contributed by atoms with Crippen LogP contribution in [-0.4, -0.2) is 42.9 Å². The Morgan fingerprint density at radius 1 is 1.03 bits per heavy atom. The molecule has 0 bridgehead atoms. The molecule has 1 aliphatic heterocycles. The van der Waals surface area contributed by atoms with Crippen LogP contribution in [0.3, 0.4) is 0 Å². The number of hydrogen-bond acceptors (Lipinski definition) is 4. The van der Waals surface area contributed by atoms with Crippen molar-refractivity contribution < 1.29 is 74.0 Å². The fourth-order valence-corrected chi connectivity index (χ4v) is 3.48. The third-order valence-electron chi connectivity index (χ3n) is 5.50. The summed E-state index contributed by atoms with van der Waals surface area (Å²) < 4.78 is 83.8. The largest absolute Gasteiger partial charge is 0.668 e. The normalized spacial score (nSPS) is 16.3. The van der Waals surface area contributed by atoms with Crippen molar-refractivity contribution in [2.24, 2.45) is 0 Å². The minimum Gasteiger partial charge on any atom is -0.668 e. The minimum atomic E-state index is -4.62. The first-order valence-electron chi connectivity index (χ1n) is 11.7. The van der Waals surface area contributed by atoms with Crippen LogP contribution >= 0.6 is 0 Å². The Labute approximate surface area is 239 Å². The molecular formula is C26H33F5NO4Y-. The number of aliphatic hydroxyl groups excluding tert-OH is 1. The molecule has 3 rings (SSSR count). The predicted molar refractivity (Wildman–Crippen MR) is 126 cm³/mol. The van der Waals surface area contributed by atoms with Crippen LogP contribution in [0.25, 0.3) is 5.73 Å². The third kappa shape index (κ3) is 11.2. The number of hydrogen-bond donors (Lipinski definition) is 1. The Balaban J connectivity index is 0.00000163. The molecule has 0 aromatic heterocycles. The van der Waals surface area contributed by atoms with Crippen LogP contribution in [0.5, 0.6) is 5.75 Å². The van der Waals surface area contributed by atoms with Gasteiger partial charge in [0.05, 0.1) is 12.2 Å².